The predicted octanol–water partition coefficient (Wildman–Crippen LogP) is 4.42. The van der Waals surface area contributed by atoms with Gasteiger partial charge in [0.05, 0.1) is 29.7 Å². The van der Waals surface area contributed by atoms with Crippen LogP contribution in [-0.4, -0.2) is 32.2 Å². The molecule has 0 fully saturated rings. The number of ether oxygens (including phenoxy) is 1. The standard InChI is InChI=1S/C20H17F3N4O3/c1-3-15(19(28)29)27-10-25-18-14(9-24)26-13(8-16(18)27)11-5-6-17(30-4-2)12(7-11)20(21,22)23/h5-8,10,15H,3-4H2,1-2H3,(H,28,29). The summed E-state index contributed by atoms with van der Waals surface area (Å²) < 4.78 is 46.9. The van der Waals surface area contributed by atoms with Crippen molar-refractivity contribution in [3.63, 3.8) is 0 Å². The van der Waals surface area contributed by atoms with Crippen LogP contribution in [-0.2, 0) is 11.0 Å². The molecule has 0 aliphatic carbocycles. The Hall–Kier alpha value is -3.61. The molecule has 3 rings (SSSR count). The van der Waals surface area contributed by atoms with Gasteiger partial charge in [0.25, 0.3) is 0 Å². The van der Waals surface area contributed by atoms with Crippen LogP contribution in [0.4, 0.5) is 13.2 Å². The fourth-order valence-electron chi connectivity index (χ4n) is 3.19. The van der Waals surface area contributed by atoms with E-state index in [2.05, 4.69) is 9.97 Å². The van der Waals surface area contributed by atoms with Gasteiger partial charge in [-0.05, 0) is 37.6 Å². The van der Waals surface area contributed by atoms with Crippen LogP contribution in [0.25, 0.3) is 22.3 Å². The van der Waals surface area contributed by atoms with Crippen molar-refractivity contribution < 1.29 is 27.8 Å². The molecular weight excluding hydrogens is 401 g/mol. The average Bonchev–Trinajstić information content (AvgIpc) is 3.11. The van der Waals surface area contributed by atoms with Crippen molar-refractivity contribution in [2.45, 2.75) is 32.5 Å². The summed E-state index contributed by atoms with van der Waals surface area (Å²) in [5, 5.41) is 18.9. The Bertz CT molecular complexity index is 1150. The van der Waals surface area contributed by atoms with Crippen LogP contribution in [0.15, 0.2) is 30.6 Å². The molecule has 1 unspecified atom stereocenters. The number of pyridine rings is 1. The molecule has 30 heavy (non-hydrogen) atoms. The molecule has 3 aromatic rings. The molecule has 0 bridgehead atoms. The lowest BCUT2D eigenvalue weighted by Gasteiger charge is -2.15. The Kier molecular flexibility index (Phi) is 5.64. The van der Waals surface area contributed by atoms with Gasteiger partial charge in [0, 0.05) is 5.56 Å². The zero-order valence-electron chi connectivity index (χ0n) is 16.1. The highest BCUT2D eigenvalue weighted by Gasteiger charge is 2.35. The third-order valence-corrected chi connectivity index (χ3v) is 4.56. The second-order valence-electron chi connectivity index (χ2n) is 6.39. The zero-order valence-corrected chi connectivity index (χ0v) is 16.1. The number of rotatable bonds is 6. The summed E-state index contributed by atoms with van der Waals surface area (Å²) in [5.74, 6) is -1.40. The summed E-state index contributed by atoms with van der Waals surface area (Å²) in [6.45, 7) is 3.33. The number of aliphatic carboxylic acids is 1. The van der Waals surface area contributed by atoms with E-state index in [1.165, 1.54) is 29.1 Å². The Morgan fingerprint density at radius 2 is 2.07 bits per heavy atom. The zero-order chi connectivity index (χ0) is 22.1. The van der Waals surface area contributed by atoms with Gasteiger partial charge in [-0.15, -0.1) is 0 Å². The second-order valence-corrected chi connectivity index (χ2v) is 6.39. The molecule has 0 saturated heterocycles. The highest BCUT2D eigenvalue weighted by molar-refractivity contribution is 5.86. The maximum absolute atomic E-state index is 13.5. The maximum atomic E-state index is 13.5. The van der Waals surface area contributed by atoms with E-state index in [-0.39, 0.29) is 41.2 Å². The van der Waals surface area contributed by atoms with Crippen molar-refractivity contribution in [1.82, 2.24) is 14.5 Å². The molecule has 0 aliphatic heterocycles. The molecule has 0 saturated carbocycles. The SMILES string of the molecule is CCOc1ccc(-c2cc3c(ncn3C(CC)C(=O)O)c(C#N)n2)cc1C(F)(F)F. The van der Waals surface area contributed by atoms with Crippen LogP contribution < -0.4 is 4.74 Å². The number of carboxylic acids is 1. The average molecular weight is 418 g/mol. The van der Waals surface area contributed by atoms with Crippen LogP contribution >= 0.6 is 0 Å². The summed E-state index contributed by atoms with van der Waals surface area (Å²) in [6.07, 6.45) is -3.11. The molecule has 7 nitrogen and oxygen atoms in total. The van der Waals surface area contributed by atoms with Crippen LogP contribution in [0, 0.1) is 11.3 Å². The van der Waals surface area contributed by atoms with Crippen molar-refractivity contribution in [3.05, 3.63) is 41.9 Å². The third-order valence-electron chi connectivity index (χ3n) is 4.56. The predicted molar refractivity (Wildman–Crippen MR) is 101 cm³/mol. The molecule has 0 aliphatic rings. The molecule has 2 aromatic heterocycles. The minimum atomic E-state index is -4.65. The molecule has 0 spiro atoms. The molecule has 2 heterocycles. The molecule has 156 valence electrons. The van der Waals surface area contributed by atoms with Crippen molar-refractivity contribution >= 4 is 17.0 Å². The van der Waals surface area contributed by atoms with Crippen LogP contribution in [0.1, 0.15) is 37.6 Å². The normalized spacial score (nSPS) is 12.5. The number of nitrogens with zero attached hydrogens (tertiary/aromatic N) is 4. The Labute approximate surface area is 169 Å². The first-order chi connectivity index (χ1) is 14.2. The summed E-state index contributed by atoms with van der Waals surface area (Å²) in [7, 11) is 0. The Morgan fingerprint density at radius 3 is 2.63 bits per heavy atom. The van der Waals surface area contributed by atoms with E-state index in [4.69, 9.17) is 4.74 Å². The van der Waals surface area contributed by atoms with Gasteiger partial charge < -0.3 is 14.4 Å². The van der Waals surface area contributed by atoms with Gasteiger partial charge in [-0.25, -0.2) is 14.8 Å². The lowest BCUT2D eigenvalue weighted by atomic mass is 10.0. The summed E-state index contributed by atoms with van der Waals surface area (Å²) in [4.78, 5) is 19.8. The fraction of sp³-hybridized carbons (Fsp3) is 0.300. The lowest BCUT2D eigenvalue weighted by molar-refractivity contribution is -0.141. The Morgan fingerprint density at radius 1 is 1.33 bits per heavy atom. The van der Waals surface area contributed by atoms with E-state index < -0.39 is 23.8 Å². The van der Waals surface area contributed by atoms with Gasteiger partial charge in [0.2, 0.25) is 0 Å². The smallest absolute Gasteiger partial charge is 0.419 e. The molecule has 10 heteroatoms. The van der Waals surface area contributed by atoms with Gasteiger partial charge in [-0.3, -0.25) is 0 Å². The molecule has 0 radical (unpaired) electrons. The third kappa shape index (κ3) is 3.78. The first-order valence-electron chi connectivity index (χ1n) is 9.06. The van der Waals surface area contributed by atoms with Gasteiger partial charge in [0.15, 0.2) is 5.69 Å². The lowest BCUT2D eigenvalue weighted by Crippen LogP contribution is -2.17. The minimum absolute atomic E-state index is 0.0675. The monoisotopic (exact) mass is 418 g/mol. The molecule has 1 atom stereocenters. The van der Waals surface area contributed by atoms with Crippen molar-refractivity contribution in [2.24, 2.45) is 0 Å². The maximum Gasteiger partial charge on any atom is 0.419 e. The van der Waals surface area contributed by atoms with Gasteiger partial charge >= 0.3 is 12.1 Å². The molecule has 1 aromatic carbocycles. The van der Waals surface area contributed by atoms with E-state index in [1.807, 2.05) is 6.07 Å². The van der Waals surface area contributed by atoms with Crippen molar-refractivity contribution in [2.75, 3.05) is 6.61 Å². The number of hydrogen-bond donors (Lipinski definition) is 1. The number of alkyl halides is 3. The number of carbonyl (C=O) groups is 1. The van der Waals surface area contributed by atoms with Crippen LogP contribution in [0.2, 0.25) is 0 Å². The van der Waals surface area contributed by atoms with Gasteiger partial charge in [-0.1, -0.05) is 6.92 Å². The summed E-state index contributed by atoms with van der Waals surface area (Å²) in [5.41, 5.74) is -0.386. The number of aromatic nitrogens is 3. The topological polar surface area (TPSA) is 101 Å². The van der Waals surface area contributed by atoms with Crippen LogP contribution in [0.3, 0.4) is 0 Å². The van der Waals surface area contributed by atoms with Gasteiger partial charge in [0.1, 0.15) is 23.4 Å². The number of imidazole rings is 1. The van der Waals surface area contributed by atoms with E-state index >= 15 is 0 Å². The van der Waals surface area contributed by atoms with E-state index in [1.54, 1.807) is 13.8 Å². The van der Waals surface area contributed by atoms with Crippen molar-refractivity contribution in [3.8, 4) is 23.1 Å². The quantitative estimate of drug-likeness (QED) is 0.636. The van der Waals surface area contributed by atoms with Crippen LogP contribution in [0.5, 0.6) is 5.75 Å². The summed E-state index contributed by atoms with van der Waals surface area (Å²) >= 11 is 0. The number of fused-ring (bicyclic) bond motifs is 1. The molecular formula is C20H17F3N4O3. The number of nitriles is 1. The number of carboxylic acid groups (broad SMARTS) is 1. The second kappa shape index (κ2) is 8.02. The Balaban J connectivity index is 2.24. The van der Waals surface area contributed by atoms with E-state index in [0.29, 0.717) is 5.52 Å². The number of hydrogen-bond acceptors (Lipinski definition) is 5. The fourth-order valence-corrected chi connectivity index (χ4v) is 3.19. The van der Waals surface area contributed by atoms with E-state index in [0.717, 1.165) is 6.07 Å². The highest BCUT2D eigenvalue weighted by Crippen LogP contribution is 2.39. The highest BCUT2D eigenvalue weighted by atomic mass is 19.4. The van der Waals surface area contributed by atoms with Crippen molar-refractivity contribution in [1.29, 1.82) is 5.26 Å². The van der Waals surface area contributed by atoms with E-state index in [9.17, 15) is 28.3 Å². The molecule has 0 amide bonds. The molecule has 1 N–H and O–H groups in total. The first-order valence-corrected chi connectivity index (χ1v) is 9.06. The van der Waals surface area contributed by atoms with Gasteiger partial charge in [-0.2, -0.15) is 18.4 Å². The number of halogens is 3. The number of benzene rings is 1. The summed E-state index contributed by atoms with van der Waals surface area (Å²) in [6, 6.07) is 5.87. The largest absolute Gasteiger partial charge is 0.493 e. The minimum Gasteiger partial charge on any atom is -0.493 e. The first kappa shape index (κ1) is 21.1.